The highest BCUT2D eigenvalue weighted by atomic mass is 35.5. The van der Waals surface area contributed by atoms with Crippen LogP contribution in [0.25, 0.3) is 11.3 Å². The van der Waals surface area contributed by atoms with E-state index in [1.54, 1.807) is 6.20 Å². The molecule has 1 saturated heterocycles. The van der Waals surface area contributed by atoms with Gasteiger partial charge in [-0.2, -0.15) is 5.26 Å². The third-order valence-electron chi connectivity index (χ3n) is 7.87. The molecule has 7 heteroatoms. The van der Waals surface area contributed by atoms with E-state index in [4.69, 9.17) is 21.3 Å². The molecular formula is C28H38ClN5O. The molecule has 4 rings (SSSR count). The number of halogens is 1. The summed E-state index contributed by atoms with van der Waals surface area (Å²) in [5.41, 5.74) is 2.42. The number of nitriles is 1. The Balaban J connectivity index is 1.41. The van der Waals surface area contributed by atoms with Gasteiger partial charge >= 0.3 is 0 Å². The molecule has 1 saturated carbocycles. The molecule has 2 aliphatic rings. The van der Waals surface area contributed by atoms with Gasteiger partial charge in [-0.25, -0.2) is 4.98 Å². The topological polar surface area (TPSA) is 74.1 Å². The number of pyridine rings is 2. The lowest BCUT2D eigenvalue weighted by Crippen LogP contribution is -2.38. The van der Waals surface area contributed by atoms with E-state index in [-0.39, 0.29) is 0 Å². The monoisotopic (exact) mass is 495 g/mol. The summed E-state index contributed by atoms with van der Waals surface area (Å²) in [5.74, 6) is 1.43. The molecule has 0 amide bonds. The summed E-state index contributed by atoms with van der Waals surface area (Å²) in [6.45, 7) is 8.64. The van der Waals surface area contributed by atoms with Crippen molar-refractivity contribution in [2.75, 3.05) is 38.2 Å². The van der Waals surface area contributed by atoms with E-state index in [0.29, 0.717) is 30.7 Å². The van der Waals surface area contributed by atoms with Crippen LogP contribution < -0.4 is 5.32 Å². The Labute approximate surface area is 215 Å². The average molecular weight is 496 g/mol. The molecule has 0 atom stereocenters. The molecule has 6 nitrogen and oxygen atoms in total. The van der Waals surface area contributed by atoms with Crippen LogP contribution in [0.3, 0.4) is 0 Å². The highest BCUT2D eigenvalue weighted by Crippen LogP contribution is 2.33. The van der Waals surface area contributed by atoms with Crippen molar-refractivity contribution in [1.82, 2.24) is 14.9 Å². The summed E-state index contributed by atoms with van der Waals surface area (Å²) >= 11 is 6.57. The Bertz CT molecular complexity index is 1000. The first-order valence-electron chi connectivity index (χ1n) is 13.1. The van der Waals surface area contributed by atoms with E-state index in [2.05, 4.69) is 41.2 Å². The highest BCUT2D eigenvalue weighted by Gasteiger charge is 2.32. The van der Waals surface area contributed by atoms with Gasteiger partial charge in [0.25, 0.3) is 0 Å². The number of rotatable bonds is 9. The minimum absolute atomic E-state index is 0.401. The summed E-state index contributed by atoms with van der Waals surface area (Å²) in [6, 6.07) is 11.3. The summed E-state index contributed by atoms with van der Waals surface area (Å²) < 4.78 is 5.44. The zero-order valence-corrected chi connectivity index (χ0v) is 21.9. The fourth-order valence-electron chi connectivity index (χ4n) is 5.57. The van der Waals surface area contributed by atoms with Crippen LogP contribution in [0.15, 0.2) is 30.5 Å². The first kappa shape index (κ1) is 25.9. The molecule has 0 spiro atoms. The maximum atomic E-state index is 9.73. The Morgan fingerprint density at radius 1 is 1.17 bits per heavy atom. The summed E-state index contributed by atoms with van der Waals surface area (Å²) in [6.07, 6.45) is 9.30. The van der Waals surface area contributed by atoms with Gasteiger partial charge in [-0.15, -0.1) is 0 Å². The predicted octanol–water partition coefficient (Wildman–Crippen LogP) is 5.97. The molecule has 1 N–H and O–H groups in total. The maximum absolute atomic E-state index is 9.73. The lowest BCUT2D eigenvalue weighted by atomic mass is 9.82. The van der Waals surface area contributed by atoms with Crippen molar-refractivity contribution in [1.29, 1.82) is 5.26 Å². The number of ether oxygens (including phenoxy) is 1. The molecule has 0 bridgehead atoms. The quantitative estimate of drug-likeness (QED) is 0.461. The molecule has 2 fully saturated rings. The lowest BCUT2D eigenvalue weighted by Gasteiger charge is -2.35. The number of anilines is 1. The Kier molecular flexibility index (Phi) is 8.99. The van der Waals surface area contributed by atoms with Gasteiger partial charge in [0.2, 0.25) is 0 Å². The maximum Gasteiger partial charge on any atom is 0.126 e. The largest absolute Gasteiger partial charge is 0.381 e. The van der Waals surface area contributed by atoms with Gasteiger partial charge in [0.1, 0.15) is 5.82 Å². The van der Waals surface area contributed by atoms with Gasteiger partial charge in [-0.1, -0.05) is 31.5 Å². The van der Waals surface area contributed by atoms with Crippen molar-refractivity contribution in [3.63, 3.8) is 0 Å². The first-order valence-corrected chi connectivity index (χ1v) is 13.5. The molecule has 35 heavy (non-hydrogen) atoms. The smallest absolute Gasteiger partial charge is 0.126 e. The zero-order chi connectivity index (χ0) is 24.7. The second-order valence-corrected chi connectivity index (χ2v) is 10.4. The fraction of sp³-hybridized carbons (Fsp3) is 0.607. The molecular weight excluding hydrogens is 458 g/mol. The Hall–Kier alpha value is -2.20. The fourth-order valence-corrected chi connectivity index (χ4v) is 5.77. The molecule has 2 aromatic heterocycles. The Morgan fingerprint density at radius 2 is 1.91 bits per heavy atom. The predicted molar refractivity (Wildman–Crippen MR) is 141 cm³/mol. The van der Waals surface area contributed by atoms with Crippen LogP contribution in [0.4, 0.5) is 5.82 Å². The van der Waals surface area contributed by atoms with Crippen LogP contribution in [0, 0.1) is 22.7 Å². The van der Waals surface area contributed by atoms with Crippen LogP contribution >= 0.6 is 11.6 Å². The van der Waals surface area contributed by atoms with Crippen molar-refractivity contribution >= 4 is 17.4 Å². The van der Waals surface area contributed by atoms with Gasteiger partial charge in [-0.3, -0.25) is 4.98 Å². The van der Waals surface area contributed by atoms with E-state index in [1.165, 1.54) is 25.7 Å². The molecule has 2 aromatic rings. The van der Waals surface area contributed by atoms with Crippen molar-refractivity contribution < 1.29 is 4.74 Å². The SMILES string of the molecule is CCN(CC)C1CCC(Cc2cc(-c3cccc(NCC4(C#N)CCOCC4)n3)c(Cl)cn2)CC1. The van der Waals surface area contributed by atoms with Crippen molar-refractivity contribution in [2.45, 2.75) is 64.8 Å². The molecule has 188 valence electrons. The van der Waals surface area contributed by atoms with Crippen molar-refractivity contribution in [2.24, 2.45) is 11.3 Å². The van der Waals surface area contributed by atoms with Crippen LogP contribution in [-0.2, 0) is 11.2 Å². The summed E-state index contributed by atoms with van der Waals surface area (Å²) in [5, 5.41) is 13.7. The molecule has 0 unspecified atom stereocenters. The third kappa shape index (κ3) is 6.52. The number of aromatic nitrogens is 2. The van der Waals surface area contributed by atoms with Gasteiger partial charge < -0.3 is 15.0 Å². The second kappa shape index (κ2) is 12.2. The van der Waals surface area contributed by atoms with E-state index >= 15 is 0 Å². The zero-order valence-electron chi connectivity index (χ0n) is 21.1. The summed E-state index contributed by atoms with van der Waals surface area (Å²) in [4.78, 5) is 12.1. The standard InChI is InChI=1S/C28H38ClN5O/c1-3-34(4-2)23-10-8-21(9-11-23)16-22-17-24(25(29)18-31-22)26-6-5-7-27(33-26)32-20-28(19-30)12-14-35-15-13-28/h5-7,17-18,21,23H,3-4,8-16,20H2,1-2H3,(H,32,33). The van der Waals surface area contributed by atoms with Crippen molar-refractivity contribution in [3.05, 3.63) is 41.2 Å². The van der Waals surface area contributed by atoms with Gasteiger partial charge in [0, 0.05) is 43.3 Å². The second-order valence-electron chi connectivity index (χ2n) is 10.0. The van der Waals surface area contributed by atoms with Crippen LogP contribution in [0.2, 0.25) is 5.02 Å². The van der Waals surface area contributed by atoms with Gasteiger partial charge in [0.05, 0.1) is 22.2 Å². The van der Waals surface area contributed by atoms with E-state index in [9.17, 15) is 5.26 Å². The van der Waals surface area contributed by atoms with E-state index < -0.39 is 5.41 Å². The summed E-state index contributed by atoms with van der Waals surface area (Å²) in [7, 11) is 0. The van der Waals surface area contributed by atoms with Crippen LogP contribution in [-0.4, -0.2) is 53.8 Å². The number of hydrogen-bond acceptors (Lipinski definition) is 6. The van der Waals surface area contributed by atoms with E-state index in [1.807, 2.05) is 18.2 Å². The average Bonchev–Trinajstić information content (AvgIpc) is 2.91. The molecule has 0 aromatic carbocycles. The van der Waals surface area contributed by atoms with Gasteiger partial charge in [0.15, 0.2) is 0 Å². The van der Waals surface area contributed by atoms with Crippen LogP contribution in [0.1, 0.15) is 58.1 Å². The molecule has 0 radical (unpaired) electrons. The lowest BCUT2D eigenvalue weighted by molar-refractivity contribution is 0.0455. The normalized spacial score (nSPS) is 22.0. The molecule has 1 aliphatic carbocycles. The minimum atomic E-state index is -0.401. The number of nitrogens with one attached hydrogen (secondary N) is 1. The van der Waals surface area contributed by atoms with Crippen LogP contribution in [0.5, 0.6) is 0 Å². The number of hydrogen-bond donors (Lipinski definition) is 1. The third-order valence-corrected chi connectivity index (χ3v) is 8.18. The first-order chi connectivity index (χ1) is 17.1. The number of nitrogens with zero attached hydrogens (tertiary/aromatic N) is 4. The minimum Gasteiger partial charge on any atom is -0.381 e. The molecule has 3 heterocycles. The van der Waals surface area contributed by atoms with Crippen molar-refractivity contribution in [3.8, 4) is 17.3 Å². The Morgan fingerprint density at radius 3 is 2.60 bits per heavy atom. The van der Waals surface area contributed by atoms with Gasteiger partial charge in [-0.05, 0) is 82.2 Å². The molecule has 1 aliphatic heterocycles. The highest BCUT2D eigenvalue weighted by molar-refractivity contribution is 6.33. The van der Waals surface area contributed by atoms with E-state index in [0.717, 1.165) is 61.2 Å².